The molecule has 152 valence electrons. The molecule has 0 fully saturated rings. The third kappa shape index (κ3) is 5.41. The fourth-order valence-electron chi connectivity index (χ4n) is 2.55. The fourth-order valence-corrected chi connectivity index (χ4v) is 2.55. The van der Waals surface area contributed by atoms with E-state index < -0.39 is 30.4 Å². The van der Waals surface area contributed by atoms with Crippen LogP contribution in [0.1, 0.15) is 42.2 Å². The number of methoxy groups -OCH3 is 2. The molecular weight excluding hydrogens is 378 g/mol. The molecule has 0 saturated carbocycles. The van der Waals surface area contributed by atoms with Gasteiger partial charge in [0.05, 0.1) is 30.9 Å². The van der Waals surface area contributed by atoms with Crippen molar-refractivity contribution in [1.82, 2.24) is 0 Å². The molecule has 0 aliphatic carbocycles. The van der Waals surface area contributed by atoms with Crippen molar-refractivity contribution < 1.29 is 33.4 Å². The lowest BCUT2D eigenvalue weighted by atomic mass is 10.0. The first-order chi connectivity index (χ1) is 13.8. The van der Waals surface area contributed by atoms with Gasteiger partial charge in [-0.05, 0) is 49.2 Å². The Balaban J connectivity index is 2.11. The van der Waals surface area contributed by atoms with Gasteiger partial charge in [-0.25, -0.2) is 14.4 Å². The van der Waals surface area contributed by atoms with E-state index >= 15 is 0 Å². The number of rotatable bonds is 6. The predicted octanol–water partition coefficient (Wildman–Crippen LogP) is 2.67. The van der Waals surface area contributed by atoms with E-state index in [-0.39, 0.29) is 16.8 Å². The lowest BCUT2D eigenvalue weighted by Crippen LogP contribution is -2.22. The van der Waals surface area contributed by atoms with E-state index in [4.69, 9.17) is 4.74 Å². The molecule has 1 amide bonds. The zero-order valence-electron chi connectivity index (χ0n) is 16.5. The summed E-state index contributed by atoms with van der Waals surface area (Å²) in [6, 6.07) is 9.17. The van der Waals surface area contributed by atoms with Crippen LogP contribution in [-0.2, 0) is 19.0 Å². The molecule has 8 heteroatoms. The number of anilines is 1. The fraction of sp³-hybridized carbons (Fsp3) is 0.238. The Kier molecular flexibility index (Phi) is 7.08. The third-order valence-corrected chi connectivity index (χ3v) is 4.22. The molecule has 0 atom stereocenters. The topological polar surface area (TPSA) is 108 Å². The van der Waals surface area contributed by atoms with Crippen LogP contribution in [0.5, 0.6) is 0 Å². The molecule has 29 heavy (non-hydrogen) atoms. The zero-order chi connectivity index (χ0) is 21.6. The second-order valence-electron chi connectivity index (χ2n) is 6.15. The van der Waals surface area contributed by atoms with Crippen LogP contribution in [-0.4, -0.2) is 44.6 Å². The smallest absolute Gasteiger partial charge is 0.338 e. The summed E-state index contributed by atoms with van der Waals surface area (Å²) < 4.78 is 14.3. The molecule has 0 aliphatic rings. The van der Waals surface area contributed by atoms with Crippen LogP contribution < -0.4 is 5.32 Å². The summed E-state index contributed by atoms with van der Waals surface area (Å²) in [6.45, 7) is 3.12. The van der Waals surface area contributed by atoms with Crippen molar-refractivity contribution in [2.45, 2.75) is 13.8 Å². The highest BCUT2D eigenvalue weighted by atomic mass is 16.5. The summed E-state index contributed by atoms with van der Waals surface area (Å²) in [5.41, 5.74) is 2.33. The third-order valence-electron chi connectivity index (χ3n) is 4.22. The minimum absolute atomic E-state index is 0.0538. The Morgan fingerprint density at radius 3 is 2.00 bits per heavy atom. The maximum Gasteiger partial charge on any atom is 0.338 e. The van der Waals surface area contributed by atoms with E-state index in [9.17, 15) is 19.2 Å². The van der Waals surface area contributed by atoms with E-state index in [0.29, 0.717) is 5.56 Å². The van der Waals surface area contributed by atoms with E-state index in [1.165, 1.54) is 32.4 Å². The van der Waals surface area contributed by atoms with Gasteiger partial charge in [-0.1, -0.05) is 12.1 Å². The highest BCUT2D eigenvalue weighted by molar-refractivity contribution is 6.00. The van der Waals surface area contributed by atoms with Crippen molar-refractivity contribution in [1.29, 1.82) is 0 Å². The summed E-state index contributed by atoms with van der Waals surface area (Å²) in [5, 5.41) is 2.48. The maximum atomic E-state index is 12.2. The Morgan fingerprint density at radius 2 is 1.45 bits per heavy atom. The molecule has 0 radical (unpaired) electrons. The van der Waals surface area contributed by atoms with Crippen molar-refractivity contribution in [2.24, 2.45) is 0 Å². The Morgan fingerprint density at radius 1 is 0.862 bits per heavy atom. The minimum atomic E-state index is -0.687. The Bertz CT molecular complexity index is 931. The van der Waals surface area contributed by atoms with Crippen LogP contribution in [0.15, 0.2) is 36.4 Å². The number of ether oxygens (including phenoxy) is 3. The number of carbonyl (C=O) groups excluding carboxylic acids is 4. The number of hydrogen-bond acceptors (Lipinski definition) is 7. The van der Waals surface area contributed by atoms with Crippen LogP contribution in [0.4, 0.5) is 5.69 Å². The SMILES string of the molecule is COC(=O)c1cc(NC(=O)COC(=O)c2cccc(C)c2C)cc(C(=O)OC)c1. The van der Waals surface area contributed by atoms with Crippen molar-refractivity contribution >= 4 is 29.5 Å². The lowest BCUT2D eigenvalue weighted by molar-refractivity contribution is -0.119. The van der Waals surface area contributed by atoms with Gasteiger partial charge in [0.1, 0.15) is 0 Å². The van der Waals surface area contributed by atoms with Crippen molar-refractivity contribution in [3.63, 3.8) is 0 Å². The number of nitrogens with one attached hydrogen (secondary N) is 1. The second-order valence-corrected chi connectivity index (χ2v) is 6.15. The molecule has 2 aromatic carbocycles. The molecular formula is C21H21NO7. The van der Waals surface area contributed by atoms with E-state index in [0.717, 1.165) is 11.1 Å². The summed E-state index contributed by atoms with van der Waals surface area (Å²) in [5.74, 6) is -2.64. The van der Waals surface area contributed by atoms with Crippen LogP contribution >= 0.6 is 0 Å². The van der Waals surface area contributed by atoms with Crippen LogP contribution in [0.25, 0.3) is 0 Å². The number of esters is 3. The first-order valence-electron chi connectivity index (χ1n) is 8.61. The molecule has 0 unspecified atom stereocenters. The average molecular weight is 399 g/mol. The molecule has 2 rings (SSSR count). The second kappa shape index (κ2) is 9.50. The van der Waals surface area contributed by atoms with Gasteiger partial charge in [0.15, 0.2) is 6.61 Å². The van der Waals surface area contributed by atoms with Gasteiger partial charge >= 0.3 is 17.9 Å². The van der Waals surface area contributed by atoms with E-state index in [1.54, 1.807) is 19.1 Å². The molecule has 1 N–H and O–H groups in total. The van der Waals surface area contributed by atoms with E-state index in [2.05, 4.69) is 14.8 Å². The zero-order valence-corrected chi connectivity index (χ0v) is 16.5. The minimum Gasteiger partial charge on any atom is -0.465 e. The Hall–Kier alpha value is -3.68. The average Bonchev–Trinajstić information content (AvgIpc) is 2.72. The number of amides is 1. The van der Waals surface area contributed by atoms with Crippen LogP contribution in [0.2, 0.25) is 0 Å². The van der Waals surface area contributed by atoms with Gasteiger partial charge in [-0.2, -0.15) is 0 Å². The summed E-state index contributed by atoms with van der Waals surface area (Å²) in [6.07, 6.45) is 0. The number of hydrogen-bond donors (Lipinski definition) is 1. The quantitative estimate of drug-likeness (QED) is 0.588. The summed E-state index contributed by atoms with van der Waals surface area (Å²) >= 11 is 0. The Labute approximate surface area is 167 Å². The normalized spacial score (nSPS) is 10.1. The molecule has 2 aromatic rings. The van der Waals surface area contributed by atoms with Gasteiger partial charge in [-0.15, -0.1) is 0 Å². The van der Waals surface area contributed by atoms with Gasteiger partial charge in [-0.3, -0.25) is 4.79 Å². The highest BCUT2D eigenvalue weighted by Gasteiger charge is 2.17. The molecule has 0 aliphatic heterocycles. The molecule has 0 spiro atoms. The van der Waals surface area contributed by atoms with Gasteiger partial charge in [0.2, 0.25) is 0 Å². The summed E-state index contributed by atoms with van der Waals surface area (Å²) in [7, 11) is 2.39. The van der Waals surface area contributed by atoms with Crippen LogP contribution in [0.3, 0.4) is 0 Å². The largest absolute Gasteiger partial charge is 0.465 e. The van der Waals surface area contributed by atoms with Crippen LogP contribution in [0, 0.1) is 13.8 Å². The summed E-state index contributed by atoms with van der Waals surface area (Å²) in [4.78, 5) is 48.0. The number of carbonyl (C=O) groups is 4. The lowest BCUT2D eigenvalue weighted by Gasteiger charge is -2.11. The van der Waals surface area contributed by atoms with Crippen molar-refractivity contribution in [3.05, 3.63) is 64.2 Å². The predicted molar refractivity (Wildman–Crippen MR) is 104 cm³/mol. The highest BCUT2D eigenvalue weighted by Crippen LogP contribution is 2.18. The first kappa shape index (κ1) is 21.6. The molecule has 0 aromatic heterocycles. The standard InChI is InChI=1S/C21H21NO7/c1-12-6-5-7-17(13(12)2)21(26)29-11-18(23)22-16-9-14(19(24)27-3)8-15(10-16)20(25)28-4/h5-10H,11H2,1-4H3,(H,22,23). The van der Waals surface area contributed by atoms with Gasteiger partial charge < -0.3 is 19.5 Å². The number of aryl methyl sites for hydroxylation is 1. The molecule has 0 bridgehead atoms. The first-order valence-corrected chi connectivity index (χ1v) is 8.61. The molecule has 0 heterocycles. The van der Waals surface area contributed by atoms with E-state index in [1.807, 2.05) is 13.0 Å². The molecule has 0 saturated heterocycles. The monoisotopic (exact) mass is 399 g/mol. The molecule has 8 nitrogen and oxygen atoms in total. The van der Waals surface area contributed by atoms with Crippen molar-refractivity contribution in [2.75, 3.05) is 26.1 Å². The maximum absolute atomic E-state index is 12.2. The number of benzene rings is 2. The van der Waals surface area contributed by atoms with Gasteiger partial charge in [0.25, 0.3) is 5.91 Å². The van der Waals surface area contributed by atoms with Crippen molar-refractivity contribution in [3.8, 4) is 0 Å². The van der Waals surface area contributed by atoms with Gasteiger partial charge in [0, 0.05) is 5.69 Å².